The molecule has 0 fully saturated rings. The number of aromatic nitrogens is 2. The van der Waals surface area contributed by atoms with Gasteiger partial charge in [-0.2, -0.15) is 4.39 Å². The highest BCUT2D eigenvalue weighted by atomic mass is 35.5. The molecule has 0 atom stereocenters. The average Bonchev–Trinajstić information content (AvgIpc) is 3.23. The Morgan fingerprint density at radius 1 is 1.03 bits per heavy atom. The maximum absolute atomic E-state index is 13.4. The van der Waals surface area contributed by atoms with Gasteiger partial charge in [0.2, 0.25) is 5.95 Å². The molecular formula is C23H24ClFN4S. The van der Waals surface area contributed by atoms with E-state index < -0.39 is 5.95 Å². The Labute approximate surface area is 184 Å². The predicted octanol–water partition coefficient (Wildman–Crippen LogP) is 6.08. The molecule has 4 aromatic rings. The Bertz CT molecular complexity index is 1130. The maximum atomic E-state index is 13.4. The van der Waals surface area contributed by atoms with E-state index in [1.165, 1.54) is 18.7 Å². The lowest BCUT2D eigenvalue weighted by atomic mass is 10.1. The quantitative estimate of drug-likeness (QED) is 0.280. The number of pyridine rings is 1. The van der Waals surface area contributed by atoms with Crippen LogP contribution in [0.2, 0.25) is 5.02 Å². The van der Waals surface area contributed by atoms with Crippen molar-refractivity contribution in [2.45, 2.75) is 19.8 Å². The van der Waals surface area contributed by atoms with Gasteiger partial charge in [0, 0.05) is 35.4 Å². The summed E-state index contributed by atoms with van der Waals surface area (Å²) in [5.74, 6) is -0.466. The van der Waals surface area contributed by atoms with Crippen LogP contribution in [0.3, 0.4) is 0 Å². The molecule has 2 aromatic heterocycles. The van der Waals surface area contributed by atoms with Crippen LogP contribution in [-0.4, -0.2) is 23.6 Å². The summed E-state index contributed by atoms with van der Waals surface area (Å²) in [6.07, 6.45) is 5.41. The molecular weight excluding hydrogens is 419 g/mol. The van der Waals surface area contributed by atoms with Crippen molar-refractivity contribution < 1.29 is 4.39 Å². The van der Waals surface area contributed by atoms with Gasteiger partial charge in [-0.15, -0.1) is 0 Å². The number of hydrogen-bond donors (Lipinski definition) is 2. The minimum Gasteiger partial charge on any atom is -0.361 e. The SMILES string of the molecule is CN.Cc1cc(CCCNc2ncc(-c3ccc4cnc(F)cc4c3)s2)ccc1Cl. The van der Waals surface area contributed by atoms with Crippen LogP contribution in [0.1, 0.15) is 17.5 Å². The van der Waals surface area contributed by atoms with E-state index in [4.69, 9.17) is 11.6 Å². The molecule has 30 heavy (non-hydrogen) atoms. The van der Waals surface area contributed by atoms with Gasteiger partial charge in [-0.05, 0) is 61.0 Å². The predicted molar refractivity (Wildman–Crippen MR) is 126 cm³/mol. The summed E-state index contributed by atoms with van der Waals surface area (Å²) < 4.78 is 13.4. The zero-order chi connectivity index (χ0) is 21.5. The molecule has 3 N–H and O–H groups in total. The van der Waals surface area contributed by atoms with Gasteiger partial charge in [0.15, 0.2) is 5.13 Å². The summed E-state index contributed by atoms with van der Waals surface area (Å²) in [5.41, 5.74) is 7.93. The highest BCUT2D eigenvalue weighted by Gasteiger charge is 2.06. The fourth-order valence-electron chi connectivity index (χ4n) is 3.11. The molecule has 0 bridgehead atoms. The number of aryl methyl sites for hydroxylation is 2. The van der Waals surface area contributed by atoms with Gasteiger partial charge in [-0.3, -0.25) is 0 Å². The van der Waals surface area contributed by atoms with Crippen molar-refractivity contribution in [2.75, 3.05) is 18.9 Å². The van der Waals surface area contributed by atoms with Crippen LogP contribution in [0.25, 0.3) is 21.2 Å². The molecule has 4 rings (SSSR count). The van der Waals surface area contributed by atoms with E-state index in [-0.39, 0.29) is 0 Å². The van der Waals surface area contributed by atoms with E-state index in [9.17, 15) is 4.39 Å². The van der Waals surface area contributed by atoms with Crippen molar-refractivity contribution in [3.05, 3.63) is 77.0 Å². The fraction of sp³-hybridized carbons (Fsp3) is 0.217. The molecule has 0 aliphatic rings. The van der Waals surface area contributed by atoms with Gasteiger partial charge in [0.05, 0.1) is 4.88 Å². The summed E-state index contributed by atoms with van der Waals surface area (Å²) in [5, 5.41) is 6.85. The molecule has 156 valence electrons. The summed E-state index contributed by atoms with van der Waals surface area (Å²) in [4.78, 5) is 9.21. The Balaban J connectivity index is 0.00000124. The minimum absolute atomic E-state index is 0.466. The van der Waals surface area contributed by atoms with Crippen molar-refractivity contribution >= 4 is 38.8 Å². The van der Waals surface area contributed by atoms with Gasteiger partial charge in [-0.25, -0.2) is 9.97 Å². The highest BCUT2D eigenvalue weighted by Crippen LogP contribution is 2.31. The number of nitrogens with one attached hydrogen (secondary N) is 1. The van der Waals surface area contributed by atoms with Gasteiger partial charge in [0.25, 0.3) is 0 Å². The third-order valence-corrected chi connectivity index (χ3v) is 6.05. The number of halogens is 2. The summed E-state index contributed by atoms with van der Waals surface area (Å²) in [7, 11) is 1.50. The number of thiazole rings is 1. The second kappa shape index (κ2) is 10.5. The fourth-order valence-corrected chi connectivity index (χ4v) is 4.06. The van der Waals surface area contributed by atoms with Crippen LogP contribution in [0.15, 0.2) is 54.9 Å². The lowest BCUT2D eigenvalue weighted by Crippen LogP contribution is -2.02. The van der Waals surface area contributed by atoms with E-state index in [1.54, 1.807) is 17.5 Å². The number of nitrogens with zero attached hydrogens (tertiary/aromatic N) is 2. The lowest BCUT2D eigenvalue weighted by Gasteiger charge is -2.05. The number of benzene rings is 2. The smallest absolute Gasteiger partial charge is 0.213 e. The van der Waals surface area contributed by atoms with Crippen LogP contribution in [0.4, 0.5) is 9.52 Å². The third kappa shape index (κ3) is 5.53. The number of hydrogen-bond acceptors (Lipinski definition) is 5. The van der Waals surface area contributed by atoms with E-state index >= 15 is 0 Å². The first kappa shape index (κ1) is 22.2. The summed E-state index contributed by atoms with van der Waals surface area (Å²) in [6, 6.07) is 13.6. The van der Waals surface area contributed by atoms with Gasteiger partial charge in [0.1, 0.15) is 0 Å². The zero-order valence-electron chi connectivity index (χ0n) is 17.0. The Hall–Kier alpha value is -2.54. The Morgan fingerprint density at radius 2 is 1.87 bits per heavy atom. The van der Waals surface area contributed by atoms with Crippen molar-refractivity contribution in [1.82, 2.24) is 9.97 Å². The first-order valence-corrected chi connectivity index (χ1v) is 10.9. The second-order valence-corrected chi connectivity index (χ2v) is 8.15. The van der Waals surface area contributed by atoms with E-state index in [0.717, 1.165) is 56.3 Å². The molecule has 0 aliphatic heterocycles. The monoisotopic (exact) mass is 442 g/mol. The Kier molecular flexibility index (Phi) is 7.74. The van der Waals surface area contributed by atoms with Gasteiger partial charge >= 0.3 is 0 Å². The van der Waals surface area contributed by atoms with Gasteiger partial charge < -0.3 is 11.1 Å². The molecule has 0 aliphatic carbocycles. The Morgan fingerprint density at radius 3 is 2.67 bits per heavy atom. The molecule has 7 heteroatoms. The first-order chi connectivity index (χ1) is 14.6. The largest absolute Gasteiger partial charge is 0.361 e. The summed E-state index contributed by atoms with van der Waals surface area (Å²) >= 11 is 7.67. The zero-order valence-corrected chi connectivity index (χ0v) is 18.5. The molecule has 0 saturated heterocycles. The van der Waals surface area contributed by atoms with Crippen LogP contribution in [0.5, 0.6) is 0 Å². The molecule has 0 spiro atoms. The summed E-state index contributed by atoms with van der Waals surface area (Å²) in [6.45, 7) is 2.88. The molecule has 2 heterocycles. The maximum Gasteiger partial charge on any atom is 0.213 e. The molecule has 0 unspecified atom stereocenters. The first-order valence-electron chi connectivity index (χ1n) is 9.67. The average molecular weight is 443 g/mol. The van der Waals surface area contributed by atoms with Crippen molar-refractivity contribution in [1.29, 1.82) is 0 Å². The minimum atomic E-state index is -0.466. The van der Waals surface area contributed by atoms with Crippen LogP contribution in [-0.2, 0) is 6.42 Å². The standard InChI is InChI=1S/C22H19ClFN3S.CH5N/c1-14-9-15(4-7-19(14)23)3-2-8-25-22-27-13-20(28-22)16-5-6-17-12-26-21(24)11-18(17)10-16;1-2/h4-7,9-13H,2-3,8H2,1H3,(H,25,27);2H2,1H3. The van der Waals surface area contributed by atoms with E-state index in [2.05, 4.69) is 33.2 Å². The number of anilines is 1. The highest BCUT2D eigenvalue weighted by molar-refractivity contribution is 7.18. The molecule has 0 amide bonds. The van der Waals surface area contributed by atoms with Gasteiger partial charge in [-0.1, -0.05) is 47.2 Å². The molecule has 2 aromatic carbocycles. The van der Waals surface area contributed by atoms with E-state index in [0.29, 0.717) is 0 Å². The number of nitrogens with two attached hydrogens (primary N) is 1. The topological polar surface area (TPSA) is 63.8 Å². The number of rotatable bonds is 6. The molecule has 4 nitrogen and oxygen atoms in total. The number of fused-ring (bicyclic) bond motifs is 1. The lowest BCUT2D eigenvalue weighted by molar-refractivity contribution is 0.586. The van der Waals surface area contributed by atoms with Crippen LogP contribution >= 0.6 is 22.9 Å². The van der Waals surface area contributed by atoms with Crippen LogP contribution in [0, 0.1) is 12.9 Å². The third-order valence-electron chi connectivity index (χ3n) is 4.62. The van der Waals surface area contributed by atoms with E-state index in [1.807, 2.05) is 37.4 Å². The van der Waals surface area contributed by atoms with Crippen LogP contribution < -0.4 is 11.1 Å². The van der Waals surface area contributed by atoms with Crippen molar-refractivity contribution in [3.8, 4) is 10.4 Å². The normalized spacial score (nSPS) is 10.6. The second-order valence-electron chi connectivity index (χ2n) is 6.71. The van der Waals surface area contributed by atoms with Crippen molar-refractivity contribution in [3.63, 3.8) is 0 Å². The molecule has 0 saturated carbocycles. The molecule has 0 radical (unpaired) electrons. The van der Waals surface area contributed by atoms with Crippen molar-refractivity contribution in [2.24, 2.45) is 5.73 Å².